The molecule has 132 valence electrons. The van der Waals surface area contributed by atoms with Crippen molar-refractivity contribution < 1.29 is 9.47 Å². The minimum atomic E-state index is -0.285. The van der Waals surface area contributed by atoms with Gasteiger partial charge in [0.1, 0.15) is 11.3 Å². The van der Waals surface area contributed by atoms with Gasteiger partial charge in [-0.2, -0.15) is 0 Å². The van der Waals surface area contributed by atoms with E-state index in [1.54, 1.807) is 6.20 Å². The van der Waals surface area contributed by atoms with E-state index >= 15 is 0 Å². The molecule has 2 saturated heterocycles. The first kappa shape index (κ1) is 16.2. The van der Waals surface area contributed by atoms with Crippen LogP contribution >= 0.6 is 0 Å². The van der Waals surface area contributed by atoms with Crippen LogP contribution in [0.2, 0.25) is 0 Å². The Balaban J connectivity index is 1.71. The molecule has 0 radical (unpaired) electrons. The Morgan fingerprint density at radius 2 is 2.12 bits per heavy atom. The van der Waals surface area contributed by atoms with Gasteiger partial charge in [-0.05, 0) is 30.7 Å². The molecule has 0 aliphatic carbocycles. The molecule has 2 N–H and O–H groups in total. The highest BCUT2D eigenvalue weighted by molar-refractivity contribution is 5.70. The molecular weight excluding hydrogens is 318 g/mol. The van der Waals surface area contributed by atoms with Gasteiger partial charge in [-0.25, -0.2) is 0 Å². The molecule has 1 unspecified atom stereocenters. The van der Waals surface area contributed by atoms with Crippen LogP contribution < -0.4 is 15.8 Å². The number of anilines is 2. The van der Waals surface area contributed by atoms with E-state index in [0.717, 1.165) is 16.8 Å². The number of rotatable bonds is 3. The molecule has 1 aromatic carbocycles. The number of benzene rings is 1. The van der Waals surface area contributed by atoms with Gasteiger partial charge in [-0.1, -0.05) is 12.1 Å². The Kier molecular flexibility index (Phi) is 4.01. The van der Waals surface area contributed by atoms with Crippen molar-refractivity contribution in [1.82, 2.24) is 4.98 Å². The fraction of sp³-hybridized carbons (Fsp3) is 0.421. The zero-order valence-electron chi connectivity index (χ0n) is 14.5. The minimum Gasteiger partial charge on any atom is -0.388 e. The van der Waals surface area contributed by atoms with Crippen molar-refractivity contribution in [3.05, 3.63) is 46.9 Å². The van der Waals surface area contributed by atoms with Gasteiger partial charge in [0, 0.05) is 31.0 Å². The molecule has 1 spiro atoms. The summed E-state index contributed by atoms with van der Waals surface area (Å²) in [6.45, 7) is 4.59. The Morgan fingerprint density at radius 3 is 2.84 bits per heavy atom. The third-order valence-electron chi connectivity index (χ3n) is 5.32. The Hall–Kier alpha value is -2.31. The molecule has 0 bridgehead atoms. The summed E-state index contributed by atoms with van der Waals surface area (Å²) in [4.78, 5) is 17.6. The van der Waals surface area contributed by atoms with Crippen molar-refractivity contribution in [2.24, 2.45) is 0 Å². The number of nitrogens with zero attached hydrogens (tertiary/aromatic N) is 1. The van der Waals surface area contributed by atoms with E-state index in [1.165, 1.54) is 0 Å². The van der Waals surface area contributed by atoms with Crippen molar-refractivity contribution in [3.63, 3.8) is 0 Å². The fourth-order valence-corrected chi connectivity index (χ4v) is 3.61. The average Bonchev–Trinajstić information content (AvgIpc) is 2.61. The van der Waals surface area contributed by atoms with E-state index in [2.05, 4.69) is 28.2 Å². The Morgan fingerprint density at radius 1 is 1.28 bits per heavy atom. The maximum Gasteiger partial charge on any atom is 0.271 e. The van der Waals surface area contributed by atoms with Crippen molar-refractivity contribution in [3.8, 4) is 11.1 Å². The summed E-state index contributed by atoms with van der Waals surface area (Å²) < 4.78 is 11.3. The molecule has 6 nitrogen and oxygen atoms in total. The quantitative estimate of drug-likeness (QED) is 0.895. The molecular formula is C19H23N3O3. The topological polar surface area (TPSA) is 66.6 Å². The van der Waals surface area contributed by atoms with E-state index in [1.807, 2.05) is 31.3 Å². The minimum absolute atomic E-state index is 0.0716. The van der Waals surface area contributed by atoms with Gasteiger partial charge >= 0.3 is 0 Å². The number of nitrogens with one attached hydrogen (secondary N) is 2. The van der Waals surface area contributed by atoms with E-state index in [4.69, 9.17) is 9.47 Å². The van der Waals surface area contributed by atoms with Gasteiger partial charge in [0.25, 0.3) is 5.56 Å². The van der Waals surface area contributed by atoms with Crippen LogP contribution in [0.3, 0.4) is 0 Å². The number of aromatic amines is 1. The molecule has 3 heterocycles. The van der Waals surface area contributed by atoms with Crippen LogP contribution in [-0.2, 0) is 9.47 Å². The summed E-state index contributed by atoms with van der Waals surface area (Å²) in [5.74, 6) is 0. The predicted molar refractivity (Wildman–Crippen MR) is 98.4 cm³/mol. The monoisotopic (exact) mass is 341 g/mol. The second-order valence-electron chi connectivity index (χ2n) is 6.71. The molecule has 0 saturated carbocycles. The number of morpholine rings is 1. The largest absolute Gasteiger partial charge is 0.388 e. The van der Waals surface area contributed by atoms with Crippen molar-refractivity contribution >= 4 is 11.4 Å². The fourth-order valence-electron chi connectivity index (χ4n) is 3.61. The predicted octanol–water partition coefficient (Wildman–Crippen LogP) is 2.08. The van der Waals surface area contributed by atoms with Crippen molar-refractivity contribution in [2.45, 2.75) is 18.6 Å². The van der Waals surface area contributed by atoms with Crippen molar-refractivity contribution in [1.29, 1.82) is 0 Å². The van der Waals surface area contributed by atoms with Gasteiger partial charge in [0.05, 0.1) is 25.9 Å². The van der Waals surface area contributed by atoms with Gasteiger partial charge in [0.2, 0.25) is 0 Å². The number of ether oxygens (including phenoxy) is 2. The molecule has 4 rings (SSSR count). The molecule has 1 atom stereocenters. The molecule has 2 aliphatic rings. The molecule has 6 heteroatoms. The average molecular weight is 341 g/mol. The Labute approximate surface area is 146 Å². The van der Waals surface area contributed by atoms with Crippen LogP contribution in [0, 0.1) is 0 Å². The normalized spacial score (nSPS) is 21.8. The summed E-state index contributed by atoms with van der Waals surface area (Å²) in [7, 11) is 1.90. The zero-order valence-corrected chi connectivity index (χ0v) is 14.5. The van der Waals surface area contributed by atoms with Crippen LogP contribution in [0.15, 0.2) is 41.3 Å². The highest BCUT2D eigenvalue weighted by atomic mass is 16.6. The second-order valence-corrected chi connectivity index (χ2v) is 6.71. The number of aromatic nitrogens is 1. The smallest absolute Gasteiger partial charge is 0.271 e. The maximum atomic E-state index is 12.5. The molecule has 25 heavy (non-hydrogen) atoms. The summed E-state index contributed by atoms with van der Waals surface area (Å²) in [6.07, 6.45) is 1.77. The maximum absolute atomic E-state index is 12.5. The van der Waals surface area contributed by atoms with E-state index in [-0.39, 0.29) is 17.2 Å². The number of H-pyrrole nitrogens is 1. The highest BCUT2D eigenvalue weighted by Crippen LogP contribution is 2.34. The lowest BCUT2D eigenvalue weighted by Crippen LogP contribution is -2.68. The van der Waals surface area contributed by atoms with Gasteiger partial charge < -0.3 is 24.7 Å². The van der Waals surface area contributed by atoms with Crippen LogP contribution in [-0.4, -0.2) is 50.0 Å². The van der Waals surface area contributed by atoms with Crippen LogP contribution in [0.1, 0.15) is 6.92 Å². The van der Waals surface area contributed by atoms with Gasteiger partial charge in [-0.3, -0.25) is 4.79 Å². The lowest BCUT2D eigenvalue weighted by Gasteiger charge is -2.53. The lowest BCUT2D eigenvalue weighted by molar-refractivity contribution is -0.228. The molecule has 0 amide bonds. The second kappa shape index (κ2) is 6.20. The standard InChI is InChI=1S/C19H23N3O3/c1-13-19(11-24-12-19)25-7-6-22(13)17-9-15(10-21-18(17)23)14-4-3-5-16(8-14)20-2/h3-5,8-10,13,20H,6-7,11-12H2,1-2H3,(H,21,23). The summed E-state index contributed by atoms with van der Waals surface area (Å²) in [6, 6.07) is 10.2. The lowest BCUT2D eigenvalue weighted by atomic mass is 9.90. The summed E-state index contributed by atoms with van der Waals surface area (Å²) >= 11 is 0. The summed E-state index contributed by atoms with van der Waals surface area (Å²) in [5, 5.41) is 3.15. The van der Waals surface area contributed by atoms with Crippen LogP contribution in [0.4, 0.5) is 11.4 Å². The highest BCUT2D eigenvalue weighted by Gasteiger charge is 2.50. The number of pyridine rings is 1. The number of hydrogen-bond donors (Lipinski definition) is 2. The van der Waals surface area contributed by atoms with E-state index < -0.39 is 0 Å². The Bertz CT molecular complexity index is 829. The van der Waals surface area contributed by atoms with Gasteiger partial charge in [0.15, 0.2) is 0 Å². The first-order valence-corrected chi connectivity index (χ1v) is 8.62. The van der Waals surface area contributed by atoms with E-state index in [9.17, 15) is 4.79 Å². The third-order valence-corrected chi connectivity index (χ3v) is 5.32. The van der Waals surface area contributed by atoms with E-state index in [0.29, 0.717) is 32.1 Å². The molecule has 1 aromatic heterocycles. The first-order chi connectivity index (χ1) is 12.1. The summed E-state index contributed by atoms with van der Waals surface area (Å²) in [5.41, 5.74) is 3.42. The third kappa shape index (κ3) is 2.71. The zero-order chi connectivity index (χ0) is 17.4. The molecule has 2 fully saturated rings. The molecule has 2 aliphatic heterocycles. The van der Waals surface area contributed by atoms with Crippen LogP contribution in [0.25, 0.3) is 11.1 Å². The van der Waals surface area contributed by atoms with Crippen molar-refractivity contribution in [2.75, 3.05) is 43.6 Å². The van der Waals surface area contributed by atoms with Gasteiger partial charge in [-0.15, -0.1) is 0 Å². The van der Waals surface area contributed by atoms with Crippen LogP contribution in [0.5, 0.6) is 0 Å². The molecule has 2 aromatic rings. The first-order valence-electron chi connectivity index (χ1n) is 8.62. The number of hydrogen-bond acceptors (Lipinski definition) is 5. The SMILES string of the molecule is CNc1cccc(-c2c[nH]c(=O)c(N3CCOC4(COC4)C3C)c2)c1.